The van der Waals surface area contributed by atoms with Crippen LogP contribution in [0.15, 0.2) is 30.3 Å². The summed E-state index contributed by atoms with van der Waals surface area (Å²) in [7, 11) is 0. The largest absolute Gasteiger partial charge is 0.352 e. The monoisotopic (exact) mass is 287 g/mol. The smallest absolute Gasteiger partial charge is 0.223 e. The molecule has 0 spiro atoms. The predicted molar refractivity (Wildman–Crippen MR) is 87.9 cm³/mol. The lowest BCUT2D eigenvalue weighted by Crippen LogP contribution is -2.24. The number of hydrogen-bond donors (Lipinski definition) is 1. The first-order valence-electron chi connectivity index (χ1n) is 8.63. The van der Waals surface area contributed by atoms with Crippen molar-refractivity contribution in [3.8, 4) is 0 Å². The second-order valence-corrected chi connectivity index (χ2v) is 6.36. The molecule has 21 heavy (non-hydrogen) atoms. The quantitative estimate of drug-likeness (QED) is 0.621. The minimum Gasteiger partial charge on any atom is -0.352 e. The van der Waals surface area contributed by atoms with Gasteiger partial charge in [0.25, 0.3) is 0 Å². The number of benzene rings is 1. The molecule has 1 aromatic carbocycles. The van der Waals surface area contributed by atoms with Crippen molar-refractivity contribution in [1.29, 1.82) is 0 Å². The Morgan fingerprint density at radius 1 is 1.10 bits per heavy atom. The Hall–Kier alpha value is -1.31. The van der Waals surface area contributed by atoms with E-state index in [9.17, 15) is 4.79 Å². The summed E-state index contributed by atoms with van der Waals surface area (Å²) in [6.45, 7) is 2.92. The number of unbranched alkanes of at least 4 members (excludes halogenated alkanes) is 5. The Labute approximate surface area is 129 Å². The highest BCUT2D eigenvalue weighted by Gasteiger charge is 2.41. The van der Waals surface area contributed by atoms with Crippen molar-refractivity contribution in [2.24, 2.45) is 11.8 Å². The molecule has 0 radical (unpaired) electrons. The highest BCUT2D eigenvalue weighted by Crippen LogP contribution is 2.42. The maximum atomic E-state index is 12.1. The molecule has 0 aromatic heterocycles. The van der Waals surface area contributed by atoms with E-state index >= 15 is 0 Å². The summed E-state index contributed by atoms with van der Waals surface area (Å²) in [6, 6.07) is 10.1. The Morgan fingerprint density at radius 2 is 1.81 bits per heavy atom. The van der Waals surface area contributed by atoms with Crippen molar-refractivity contribution in [3.05, 3.63) is 35.9 Å². The highest BCUT2D eigenvalue weighted by molar-refractivity contribution is 5.81. The van der Waals surface area contributed by atoms with Crippen LogP contribution in [-0.4, -0.2) is 5.91 Å². The first-order valence-corrected chi connectivity index (χ1v) is 8.63. The van der Waals surface area contributed by atoms with Gasteiger partial charge in [0.2, 0.25) is 5.91 Å². The van der Waals surface area contributed by atoms with Crippen molar-refractivity contribution in [2.45, 2.75) is 64.8 Å². The average molecular weight is 287 g/mol. The molecule has 0 heterocycles. The number of hydrogen-bond acceptors (Lipinski definition) is 1. The van der Waals surface area contributed by atoms with Gasteiger partial charge in [0.05, 0.1) is 0 Å². The van der Waals surface area contributed by atoms with Crippen LogP contribution < -0.4 is 5.32 Å². The molecule has 0 saturated heterocycles. The highest BCUT2D eigenvalue weighted by atomic mass is 16.2. The zero-order chi connectivity index (χ0) is 14.9. The molecular weight excluding hydrogens is 258 g/mol. The molecule has 0 unspecified atom stereocenters. The molecule has 2 atom stereocenters. The van der Waals surface area contributed by atoms with Crippen molar-refractivity contribution in [3.63, 3.8) is 0 Å². The lowest BCUT2D eigenvalue weighted by atomic mass is 10.1. The summed E-state index contributed by atoms with van der Waals surface area (Å²) in [5, 5.41) is 3.07. The van der Waals surface area contributed by atoms with Crippen LogP contribution in [0.2, 0.25) is 0 Å². The van der Waals surface area contributed by atoms with Crippen LogP contribution in [0.3, 0.4) is 0 Å². The minimum atomic E-state index is 0.259. The Kier molecular flexibility index (Phi) is 6.78. The molecule has 2 rings (SSSR count). The molecule has 1 aliphatic rings. The van der Waals surface area contributed by atoms with Gasteiger partial charge in [0, 0.05) is 12.5 Å². The normalized spacial score (nSPS) is 20.2. The number of rotatable bonds is 10. The van der Waals surface area contributed by atoms with Gasteiger partial charge in [-0.3, -0.25) is 4.79 Å². The van der Waals surface area contributed by atoms with Crippen LogP contribution in [0, 0.1) is 11.8 Å². The van der Waals surface area contributed by atoms with Crippen molar-refractivity contribution < 1.29 is 4.79 Å². The maximum Gasteiger partial charge on any atom is 0.223 e. The molecule has 2 nitrogen and oxygen atoms in total. The predicted octanol–water partition coefficient (Wildman–Crippen LogP) is 4.69. The van der Waals surface area contributed by atoms with E-state index in [0.717, 1.165) is 6.42 Å². The molecule has 1 fully saturated rings. The molecule has 0 bridgehead atoms. The fourth-order valence-electron chi connectivity index (χ4n) is 2.99. The van der Waals surface area contributed by atoms with E-state index in [1.54, 1.807) is 0 Å². The van der Waals surface area contributed by atoms with E-state index in [1.807, 2.05) is 18.2 Å². The molecular formula is C19H29NO. The van der Waals surface area contributed by atoms with E-state index in [2.05, 4.69) is 24.4 Å². The fourth-order valence-corrected chi connectivity index (χ4v) is 2.99. The summed E-state index contributed by atoms with van der Waals surface area (Å²) in [5.74, 6) is 1.21. The zero-order valence-electron chi connectivity index (χ0n) is 13.3. The van der Waals surface area contributed by atoms with Gasteiger partial charge in [-0.1, -0.05) is 75.8 Å². The number of carbonyl (C=O) groups is 1. The molecule has 1 N–H and O–H groups in total. The van der Waals surface area contributed by atoms with Crippen molar-refractivity contribution in [2.75, 3.05) is 0 Å². The molecule has 1 aliphatic carbocycles. The maximum absolute atomic E-state index is 12.1. The van der Waals surface area contributed by atoms with E-state index in [4.69, 9.17) is 0 Å². The standard InChI is InChI=1S/C19H29NO/c1-2-3-4-5-6-10-13-17-14-18(17)19(21)20-15-16-11-8-7-9-12-16/h7-9,11-12,17-18H,2-6,10,13-15H2,1H3,(H,20,21)/t17-,18-/m0/s1. The van der Waals surface area contributed by atoms with E-state index < -0.39 is 0 Å². The second-order valence-electron chi connectivity index (χ2n) is 6.36. The van der Waals surface area contributed by atoms with Crippen LogP contribution in [0.25, 0.3) is 0 Å². The summed E-state index contributed by atoms with van der Waals surface area (Å²) in [5.41, 5.74) is 1.18. The van der Waals surface area contributed by atoms with Gasteiger partial charge in [-0.05, 0) is 24.3 Å². The Bertz CT molecular complexity index is 415. The molecule has 0 aliphatic heterocycles. The van der Waals surface area contributed by atoms with Crippen molar-refractivity contribution >= 4 is 5.91 Å². The number of nitrogens with one attached hydrogen (secondary N) is 1. The summed E-state index contributed by atoms with van der Waals surface area (Å²) in [6.07, 6.45) is 10.4. The molecule has 1 aromatic rings. The second kappa shape index (κ2) is 8.86. The third-order valence-corrected chi connectivity index (χ3v) is 4.50. The summed E-state index contributed by atoms with van der Waals surface area (Å²) < 4.78 is 0. The van der Waals surface area contributed by atoms with Crippen molar-refractivity contribution in [1.82, 2.24) is 5.32 Å². The topological polar surface area (TPSA) is 29.1 Å². The lowest BCUT2D eigenvalue weighted by Gasteiger charge is -2.05. The van der Waals surface area contributed by atoms with Crippen LogP contribution >= 0.6 is 0 Å². The van der Waals surface area contributed by atoms with E-state index in [-0.39, 0.29) is 5.91 Å². The van der Waals surface area contributed by atoms with Gasteiger partial charge in [0.1, 0.15) is 0 Å². The minimum absolute atomic E-state index is 0.259. The van der Waals surface area contributed by atoms with Gasteiger partial charge < -0.3 is 5.32 Å². The van der Waals surface area contributed by atoms with E-state index in [0.29, 0.717) is 18.4 Å². The molecule has 2 heteroatoms. The van der Waals surface area contributed by atoms with Gasteiger partial charge in [-0.15, -0.1) is 0 Å². The summed E-state index contributed by atoms with van der Waals surface area (Å²) in [4.78, 5) is 12.1. The van der Waals surface area contributed by atoms with Crippen LogP contribution in [0.4, 0.5) is 0 Å². The third kappa shape index (κ3) is 5.91. The SMILES string of the molecule is CCCCCCCC[C@H]1C[C@@H]1C(=O)NCc1ccccc1. The zero-order valence-corrected chi connectivity index (χ0v) is 13.3. The molecule has 1 amide bonds. The average Bonchev–Trinajstić information content (AvgIpc) is 3.29. The Balaban J connectivity index is 1.53. The first kappa shape index (κ1) is 16.1. The van der Waals surface area contributed by atoms with Gasteiger partial charge in [-0.2, -0.15) is 0 Å². The van der Waals surface area contributed by atoms with Gasteiger partial charge in [-0.25, -0.2) is 0 Å². The summed E-state index contributed by atoms with van der Waals surface area (Å²) >= 11 is 0. The molecule has 116 valence electrons. The molecule has 1 saturated carbocycles. The van der Waals surface area contributed by atoms with Crippen LogP contribution in [0.1, 0.15) is 63.9 Å². The van der Waals surface area contributed by atoms with E-state index in [1.165, 1.54) is 50.5 Å². The fraction of sp³-hybridized carbons (Fsp3) is 0.632. The Morgan fingerprint density at radius 3 is 2.57 bits per heavy atom. The van der Waals surface area contributed by atoms with Gasteiger partial charge >= 0.3 is 0 Å². The van der Waals surface area contributed by atoms with Crippen LogP contribution in [0.5, 0.6) is 0 Å². The lowest BCUT2D eigenvalue weighted by molar-refractivity contribution is -0.122. The van der Waals surface area contributed by atoms with Crippen LogP contribution in [-0.2, 0) is 11.3 Å². The number of amides is 1. The number of carbonyl (C=O) groups excluding carboxylic acids is 1. The first-order chi connectivity index (χ1) is 10.3. The van der Waals surface area contributed by atoms with Gasteiger partial charge in [0.15, 0.2) is 0 Å². The third-order valence-electron chi connectivity index (χ3n) is 4.50.